The van der Waals surface area contributed by atoms with Gasteiger partial charge >= 0.3 is 0 Å². The minimum Gasteiger partial charge on any atom is -0.343 e. The minimum atomic E-state index is -0.357. The molecule has 0 N–H and O–H groups in total. The molecule has 0 radical (unpaired) electrons. The second kappa shape index (κ2) is 4.81. The predicted octanol–water partition coefficient (Wildman–Crippen LogP) is 3.91. The van der Waals surface area contributed by atoms with Gasteiger partial charge in [0.1, 0.15) is 0 Å². The first-order chi connectivity index (χ1) is 9.65. The van der Waals surface area contributed by atoms with Crippen molar-refractivity contribution in [1.29, 1.82) is 0 Å². The smallest absolute Gasteiger partial charge is 0.271 e. The van der Waals surface area contributed by atoms with Crippen LogP contribution in [0.25, 0.3) is 10.9 Å². The first kappa shape index (κ1) is 12.4. The van der Waals surface area contributed by atoms with E-state index in [9.17, 15) is 10.1 Å². The number of aromatic nitrogens is 1. The van der Waals surface area contributed by atoms with Gasteiger partial charge in [0.25, 0.3) is 5.69 Å². The van der Waals surface area contributed by atoms with Crippen molar-refractivity contribution in [3.63, 3.8) is 0 Å². The largest absolute Gasteiger partial charge is 0.343 e. The summed E-state index contributed by atoms with van der Waals surface area (Å²) in [7, 11) is 0. The van der Waals surface area contributed by atoms with E-state index in [4.69, 9.17) is 0 Å². The van der Waals surface area contributed by atoms with Gasteiger partial charge in [-0.1, -0.05) is 24.3 Å². The zero-order valence-corrected chi connectivity index (χ0v) is 11.1. The monoisotopic (exact) mass is 266 g/mol. The molecule has 0 aliphatic rings. The summed E-state index contributed by atoms with van der Waals surface area (Å²) in [5.41, 5.74) is 3.46. The van der Waals surface area contributed by atoms with Gasteiger partial charge in [0.15, 0.2) is 0 Å². The summed E-state index contributed by atoms with van der Waals surface area (Å²) in [6.07, 6.45) is 1.97. The van der Waals surface area contributed by atoms with Gasteiger partial charge in [-0.15, -0.1) is 0 Å². The van der Waals surface area contributed by atoms with Crippen LogP contribution in [0.3, 0.4) is 0 Å². The number of non-ortho nitro benzene ring substituents is 1. The molecule has 0 bridgehead atoms. The molecule has 1 aromatic heterocycles. The highest BCUT2D eigenvalue weighted by Crippen LogP contribution is 2.23. The van der Waals surface area contributed by atoms with E-state index in [2.05, 4.69) is 19.1 Å². The van der Waals surface area contributed by atoms with Gasteiger partial charge < -0.3 is 4.57 Å². The summed E-state index contributed by atoms with van der Waals surface area (Å²) in [5, 5.41) is 11.9. The van der Waals surface area contributed by atoms with Gasteiger partial charge in [0.2, 0.25) is 0 Å². The zero-order valence-electron chi connectivity index (χ0n) is 11.1. The Hall–Kier alpha value is -2.62. The molecule has 3 rings (SSSR count). The average Bonchev–Trinajstić information content (AvgIpc) is 2.84. The Bertz CT molecular complexity index is 790. The molecule has 0 saturated carbocycles. The number of hydrogen-bond acceptors (Lipinski definition) is 2. The maximum absolute atomic E-state index is 10.9. The van der Waals surface area contributed by atoms with Crippen molar-refractivity contribution >= 4 is 16.6 Å². The molecule has 0 saturated heterocycles. The predicted molar refractivity (Wildman–Crippen MR) is 78.9 cm³/mol. The van der Waals surface area contributed by atoms with Crippen molar-refractivity contribution in [2.45, 2.75) is 13.5 Å². The van der Waals surface area contributed by atoms with E-state index >= 15 is 0 Å². The molecule has 0 aliphatic heterocycles. The quantitative estimate of drug-likeness (QED) is 0.533. The normalized spacial score (nSPS) is 10.8. The molecule has 0 atom stereocenters. The van der Waals surface area contributed by atoms with Crippen LogP contribution < -0.4 is 0 Å². The van der Waals surface area contributed by atoms with Gasteiger partial charge in [-0.3, -0.25) is 10.1 Å². The highest BCUT2D eigenvalue weighted by molar-refractivity contribution is 5.82. The van der Waals surface area contributed by atoms with Crippen molar-refractivity contribution in [2.24, 2.45) is 0 Å². The summed E-state index contributed by atoms with van der Waals surface area (Å²) >= 11 is 0. The molecule has 20 heavy (non-hydrogen) atoms. The number of benzene rings is 2. The molecule has 4 nitrogen and oxygen atoms in total. The summed E-state index contributed by atoms with van der Waals surface area (Å²) in [4.78, 5) is 10.5. The number of nitrogens with zero attached hydrogens (tertiary/aromatic N) is 2. The van der Waals surface area contributed by atoms with Crippen LogP contribution in [0.5, 0.6) is 0 Å². The van der Waals surface area contributed by atoms with Crippen LogP contribution >= 0.6 is 0 Å². The van der Waals surface area contributed by atoms with Gasteiger partial charge in [0.05, 0.1) is 10.4 Å². The number of rotatable bonds is 3. The molecule has 100 valence electrons. The van der Waals surface area contributed by atoms with Crippen LogP contribution in [0.1, 0.15) is 11.1 Å². The Morgan fingerprint density at radius 2 is 1.95 bits per heavy atom. The fourth-order valence-corrected chi connectivity index (χ4v) is 2.39. The topological polar surface area (TPSA) is 48.1 Å². The van der Waals surface area contributed by atoms with E-state index in [0.29, 0.717) is 0 Å². The fourth-order valence-electron chi connectivity index (χ4n) is 2.39. The van der Waals surface area contributed by atoms with E-state index in [-0.39, 0.29) is 10.6 Å². The van der Waals surface area contributed by atoms with E-state index in [0.717, 1.165) is 17.4 Å². The molecule has 0 amide bonds. The summed E-state index contributed by atoms with van der Waals surface area (Å²) in [5.74, 6) is 0. The lowest BCUT2D eigenvalue weighted by Gasteiger charge is -2.08. The Morgan fingerprint density at radius 1 is 1.15 bits per heavy atom. The molecule has 0 aliphatic carbocycles. The first-order valence-electron chi connectivity index (χ1n) is 6.43. The second-order valence-electron chi connectivity index (χ2n) is 4.87. The molecule has 0 spiro atoms. The molecule has 3 aromatic rings. The summed E-state index contributed by atoms with van der Waals surface area (Å²) < 4.78 is 2.05. The number of nitro benzene ring substituents is 1. The van der Waals surface area contributed by atoms with Crippen molar-refractivity contribution < 1.29 is 4.92 Å². The van der Waals surface area contributed by atoms with Crippen LogP contribution in [-0.4, -0.2) is 9.49 Å². The number of aryl methyl sites for hydroxylation is 1. The zero-order chi connectivity index (χ0) is 14.1. The lowest BCUT2D eigenvalue weighted by Crippen LogP contribution is -2.00. The Labute approximate surface area is 116 Å². The standard InChI is InChI=1S/C16H14N2O2/c1-12-4-2-3-5-14(12)11-17-9-8-13-6-7-15(18(19)20)10-16(13)17/h2-10H,11H2,1H3. The first-order valence-corrected chi connectivity index (χ1v) is 6.43. The van der Waals surface area contributed by atoms with Crippen LogP contribution in [0, 0.1) is 17.0 Å². The maximum atomic E-state index is 10.9. The second-order valence-corrected chi connectivity index (χ2v) is 4.87. The lowest BCUT2D eigenvalue weighted by atomic mass is 10.1. The Balaban J connectivity index is 2.06. The van der Waals surface area contributed by atoms with Crippen LogP contribution in [0.4, 0.5) is 5.69 Å². The van der Waals surface area contributed by atoms with Gasteiger partial charge in [-0.05, 0) is 30.2 Å². The van der Waals surface area contributed by atoms with Gasteiger partial charge in [0, 0.05) is 30.3 Å². The van der Waals surface area contributed by atoms with E-state index in [1.54, 1.807) is 18.2 Å². The van der Waals surface area contributed by atoms with Crippen LogP contribution in [-0.2, 0) is 6.54 Å². The Morgan fingerprint density at radius 3 is 2.70 bits per heavy atom. The number of hydrogen-bond donors (Lipinski definition) is 0. The third-order valence-electron chi connectivity index (χ3n) is 3.57. The van der Waals surface area contributed by atoms with Crippen LogP contribution in [0.2, 0.25) is 0 Å². The minimum absolute atomic E-state index is 0.127. The summed E-state index contributed by atoms with van der Waals surface area (Å²) in [6, 6.07) is 15.1. The molecular formula is C16H14N2O2. The summed E-state index contributed by atoms with van der Waals surface area (Å²) in [6.45, 7) is 2.79. The van der Waals surface area contributed by atoms with E-state index < -0.39 is 0 Å². The van der Waals surface area contributed by atoms with Crippen LogP contribution in [0.15, 0.2) is 54.7 Å². The van der Waals surface area contributed by atoms with E-state index in [1.165, 1.54) is 11.1 Å². The molecular weight excluding hydrogens is 252 g/mol. The van der Waals surface area contributed by atoms with Crippen molar-refractivity contribution in [3.8, 4) is 0 Å². The third kappa shape index (κ3) is 2.16. The van der Waals surface area contributed by atoms with Crippen molar-refractivity contribution in [1.82, 2.24) is 4.57 Å². The molecule has 2 aromatic carbocycles. The van der Waals surface area contributed by atoms with Crippen molar-refractivity contribution in [3.05, 3.63) is 76.0 Å². The average molecular weight is 266 g/mol. The lowest BCUT2D eigenvalue weighted by molar-refractivity contribution is -0.384. The SMILES string of the molecule is Cc1ccccc1Cn1ccc2ccc([N+](=O)[O-])cc21. The highest BCUT2D eigenvalue weighted by Gasteiger charge is 2.09. The molecule has 0 fully saturated rings. The van der Waals surface area contributed by atoms with Gasteiger partial charge in [-0.25, -0.2) is 0 Å². The maximum Gasteiger partial charge on any atom is 0.271 e. The fraction of sp³-hybridized carbons (Fsp3) is 0.125. The highest BCUT2D eigenvalue weighted by atomic mass is 16.6. The molecule has 4 heteroatoms. The third-order valence-corrected chi connectivity index (χ3v) is 3.57. The van der Waals surface area contributed by atoms with E-state index in [1.807, 2.05) is 29.0 Å². The van der Waals surface area contributed by atoms with Gasteiger partial charge in [-0.2, -0.15) is 0 Å². The molecule has 0 unspecified atom stereocenters. The molecule has 1 heterocycles. The number of fused-ring (bicyclic) bond motifs is 1. The number of nitro groups is 1. The van der Waals surface area contributed by atoms with Crippen molar-refractivity contribution in [2.75, 3.05) is 0 Å². The Kier molecular flexibility index (Phi) is 2.99.